The van der Waals surface area contributed by atoms with Crippen molar-refractivity contribution in [3.05, 3.63) is 11.6 Å². The molecular weight excluding hydrogens is 472 g/mol. The van der Waals surface area contributed by atoms with Crippen LogP contribution in [0.5, 0.6) is 0 Å². The number of aliphatic hydroxyl groups excluding tert-OH is 4. The third-order valence-corrected chi connectivity index (χ3v) is 12.8. The summed E-state index contributed by atoms with van der Waals surface area (Å²) in [4.78, 5) is 11.7. The van der Waals surface area contributed by atoms with Gasteiger partial charge >= 0.3 is 5.97 Å². The number of aliphatic hydroxyl groups is 5. The van der Waals surface area contributed by atoms with Crippen LogP contribution in [0.1, 0.15) is 92.9 Å². The molecule has 0 spiro atoms. The molecule has 0 unspecified atom stereocenters. The lowest BCUT2D eigenvalue weighted by molar-refractivity contribution is -0.219. The molecule has 0 bridgehead atoms. The van der Waals surface area contributed by atoms with Crippen molar-refractivity contribution in [1.29, 1.82) is 0 Å². The Labute approximate surface area is 222 Å². The molecule has 0 saturated heterocycles. The van der Waals surface area contributed by atoms with Crippen LogP contribution in [-0.2, 0) is 4.79 Å². The van der Waals surface area contributed by atoms with Crippen molar-refractivity contribution >= 4 is 5.97 Å². The summed E-state index contributed by atoms with van der Waals surface area (Å²) in [6, 6.07) is 0. The first kappa shape index (κ1) is 29.0. The van der Waals surface area contributed by atoms with Crippen LogP contribution in [0.25, 0.3) is 0 Å². The van der Waals surface area contributed by atoms with Gasteiger partial charge in [-0.05, 0) is 85.9 Å². The predicted octanol–water partition coefficient (Wildman–Crippen LogP) is 3.51. The summed E-state index contributed by atoms with van der Waals surface area (Å²) in [5.41, 5.74) is -2.08. The number of fused-ring (bicyclic) bond motifs is 5. The second-order valence-electron chi connectivity index (χ2n) is 14.7. The lowest BCUT2D eigenvalue weighted by atomic mass is 9.35. The Morgan fingerprint density at radius 1 is 1.05 bits per heavy atom. The van der Waals surface area contributed by atoms with Gasteiger partial charge in [-0.3, -0.25) is 4.79 Å². The third kappa shape index (κ3) is 3.89. The van der Waals surface area contributed by atoms with E-state index in [0.717, 1.165) is 25.7 Å². The number of hydrogen-bond acceptors (Lipinski definition) is 6. The number of rotatable bonds is 6. The van der Waals surface area contributed by atoms with E-state index in [1.54, 1.807) is 6.92 Å². The standard InChI is InChI=1S/C30H50O7/c1-25(16-31)15-19-18-7-8-20-27(3,11-10-22(33)34)21(30(6,37)17-32)9-12-29(20,5)28(18,4)14-13-26(19,2)24(36)23(25)35/h7,19-21,23-24,31-32,35-37H,8-17H2,1-6H3,(H,33,34)/t19-,20+,21+,23-,24+,25-,26+,27+,28+,29+,30+/m0/s1. The van der Waals surface area contributed by atoms with Crippen LogP contribution in [0.4, 0.5) is 0 Å². The fraction of sp³-hybridized carbons (Fsp3) is 0.900. The highest BCUT2D eigenvalue weighted by molar-refractivity contribution is 5.66. The average molecular weight is 523 g/mol. The number of aliphatic carboxylic acids is 1. The maximum atomic E-state index is 11.7. The van der Waals surface area contributed by atoms with Gasteiger partial charge in [-0.15, -0.1) is 0 Å². The minimum atomic E-state index is -1.29. The zero-order valence-electron chi connectivity index (χ0n) is 23.6. The molecule has 4 aliphatic rings. The Kier molecular flexibility index (Phi) is 7.07. The van der Waals surface area contributed by atoms with E-state index in [1.165, 1.54) is 5.57 Å². The summed E-state index contributed by atoms with van der Waals surface area (Å²) in [7, 11) is 0. The molecular formula is C30H50O7. The van der Waals surface area contributed by atoms with Crippen molar-refractivity contribution in [1.82, 2.24) is 0 Å². The van der Waals surface area contributed by atoms with Gasteiger partial charge in [-0.2, -0.15) is 0 Å². The van der Waals surface area contributed by atoms with E-state index in [9.17, 15) is 35.4 Å². The van der Waals surface area contributed by atoms with E-state index >= 15 is 0 Å². The van der Waals surface area contributed by atoms with Gasteiger partial charge in [-0.25, -0.2) is 0 Å². The van der Waals surface area contributed by atoms with Gasteiger partial charge in [0.05, 0.1) is 31.0 Å². The highest BCUT2D eigenvalue weighted by Crippen LogP contribution is 2.74. The fourth-order valence-electron chi connectivity index (χ4n) is 9.95. The van der Waals surface area contributed by atoms with Gasteiger partial charge in [0.1, 0.15) is 0 Å². The molecule has 3 saturated carbocycles. The second-order valence-corrected chi connectivity index (χ2v) is 14.7. The molecule has 3 fully saturated rings. The predicted molar refractivity (Wildman–Crippen MR) is 140 cm³/mol. The van der Waals surface area contributed by atoms with Crippen LogP contribution in [0.2, 0.25) is 0 Å². The topological polar surface area (TPSA) is 138 Å². The minimum Gasteiger partial charge on any atom is -0.481 e. The number of hydrogen-bond donors (Lipinski definition) is 6. The van der Waals surface area contributed by atoms with Crippen molar-refractivity contribution in [2.75, 3.05) is 13.2 Å². The first-order valence-electron chi connectivity index (χ1n) is 14.2. The van der Waals surface area contributed by atoms with Crippen molar-refractivity contribution in [3.8, 4) is 0 Å². The SMILES string of the molecule is C[C@@]1(CO)C[C@H]2C3=CC[C@@H]4[C@@](C)(CCC(=O)O)[C@H]([C@](C)(O)CO)CC[C@@]4(C)[C@]3(C)CC[C@@]2(C)[C@H](O)[C@@H]1O. The third-order valence-electron chi connectivity index (χ3n) is 12.8. The lowest BCUT2D eigenvalue weighted by Crippen LogP contribution is -2.67. The van der Waals surface area contributed by atoms with Crippen LogP contribution >= 0.6 is 0 Å². The van der Waals surface area contributed by atoms with E-state index in [4.69, 9.17) is 0 Å². The van der Waals surface area contributed by atoms with Crippen LogP contribution in [0.15, 0.2) is 11.6 Å². The molecule has 37 heavy (non-hydrogen) atoms. The first-order valence-corrected chi connectivity index (χ1v) is 14.2. The van der Waals surface area contributed by atoms with E-state index in [-0.39, 0.29) is 48.2 Å². The van der Waals surface area contributed by atoms with Gasteiger partial charge in [-0.1, -0.05) is 46.3 Å². The number of carbonyl (C=O) groups is 1. The van der Waals surface area contributed by atoms with Crippen molar-refractivity contribution < 1.29 is 35.4 Å². The van der Waals surface area contributed by atoms with Gasteiger partial charge in [0, 0.05) is 17.3 Å². The largest absolute Gasteiger partial charge is 0.481 e. The Morgan fingerprint density at radius 3 is 2.27 bits per heavy atom. The van der Waals surface area contributed by atoms with E-state index in [0.29, 0.717) is 19.3 Å². The smallest absolute Gasteiger partial charge is 0.303 e. The van der Waals surface area contributed by atoms with E-state index < -0.39 is 40.0 Å². The van der Waals surface area contributed by atoms with Crippen LogP contribution in [0, 0.1) is 44.8 Å². The highest BCUT2D eigenvalue weighted by atomic mass is 16.4. The molecule has 0 aliphatic heterocycles. The molecule has 7 nitrogen and oxygen atoms in total. The van der Waals surface area contributed by atoms with E-state index in [2.05, 4.69) is 33.8 Å². The van der Waals surface area contributed by atoms with Crippen molar-refractivity contribution in [3.63, 3.8) is 0 Å². The second kappa shape index (κ2) is 9.02. The van der Waals surface area contributed by atoms with Gasteiger partial charge < -0.3 is 30.6 Å². The van der Waals surface area contributed by atoms with Crippen LogP contribution in [0.3, 0.4) is 0 Å². The summed E-state index contributed by atoms with van der Waals surface area (Å²) in [5.74, 6) is -0.916. The maximum Gasteiger partial charge on any atom is 0.303 e. The molecule has 7 heteroatoms. The molecule has 212 valence electrons. The molecule has 4 rings (SSSR count). The summed E-state index contributed by atoms with van der Waals surface area (Å²) in [5, 5.41) is 63.5. The Balaban J connectivity index is 1.82. The Hall–Kier alpha value is -0.990. The minimum absolute atomic E-state index is 0.0218. The van der Waals surface area contributed by atoms with Crippen LogP contribution < -0.4 is 0 Å². The summed E-state index contributed by atoms with van der Waals surface area (Å²) in [6.45, 7) is 11.9. The maximum absolute atomic E-state index is 11.7. The molecule has 0 aromatic rings. The van der Waals surface area contributed by atoms with Gasteiger partial charge in [0.25, 0.3) is 0 Å². The van der Waals surface area contributed by atoms with Gasteiger partial charge in [0.2, 0.25) is 0 Å². The molecule has 0 amide bonds. The summed E-state index contributed by atoms with van der Waals surface area (Å²) < 4.78 is 0. The van der Waals surface area contributed by atoms with Crippen molar-refractivity contribution in [2.24, 2.45) is 44.8 Å². The van der Waals surface area contributed by atoms with E-state index in [1.807, 2.05) is 6.92 Å². The van der Waals surface area contributed by atoms with Gasteiger partial charge in [0.15, 0.2) is 0 Å². The first-order chi connectivity index (χ1) is 17.0. The molecule has 0 radical (unpaired) electrons. The lowest BCUT2D eigenvalue weighted by Gasteiger charge is -2.70. The molecule has 0 aromatic carbocycles. The number of allylic oxidation sites excluding steroid dienone is 2. The normalized spacial score (nSPS) is 51.2. The molecule has 11 atom stereocenters. The Morgan fingerprint density at radius 2 is 1.70 bits per heavy atom. The highest BCUT2D eigenvalue weighted by Gasteiger charge is 2.68. The van der Waals surface area contributed by atoms with Crippen LogP contribution in [-0.4, -0.2) is 67.6 Å². The molecule has 0 aromatic heterocycles. The number of carboxylic acids is 1. The van der Waals surface area contributed by atoms with Crippen molar-refractivity contribution in [2.45, 2.75) is 111 Å². The molecule has 4 aliphatic carbocycles. The average Bonchev–Trinajstić information content (AvgIpc) is 2.83. The summed E-state index contributed by atoms with van der Waals surface area (Å²) >= 11 is 0. The fourth-order valence-corrected chi connectivity index (χ4v) is 9.95. The summed E-state index contributed by atoms with van der Waals surface area (Å²) in [6.07, 6.45) is 5.43. The molecule has 6 N–H and O–H groups in total. The number of carboxylic acid groups (broad SMARTS) is 1. The monoisotopic (exact) mass is 522 g/mol. The zero-order chi connectivity index (χ0) is 27.8. The quantitative estimate of drug-likeness (QED) is 0.294. The molecule has 0 heterocycles. The Bertz CT molecular complexity index is 946. The zero-order valence-corrected chi connectivity index (χ0v) is 23.6.